The highest BCUT2D eigenvalue weighted by atomic mass is 35.5. The van der Waals surface area contributed by atoms with Crippen molar-refractivity contribution in [2.24, 2.45) is 0 Å². The summed E-state index contributed by atoms with van der Waals surface area (Å²) in [6, 6.07) is 8.61. The molecule has 0 aliphatic rings. The number of aromatic carboxylic acids is 1. The van der Waals surface area contributed by atoms with Gasteiger partial charge in [0.25, 0.3) is 0 Å². The van der Waals surface area contributed by atoms with E-state index in [4.69, 9.17) is 16.7 Å². The Morgan fingerprint density at radius 3 is 2.60 bits per heavy atom. The second kappa shape index (κ2) is 4.04. The van der Waals surface area contributed by atoms with Gasteiger partial charge in [0.05, 0.1) is 15.5 Å². The molecule has 4 heteroatoms. The molecule has 0 saturated heterocycles. The Labute approximate surface area is 95.8 Å². The van der Waals surface area contributed by atoms with Gasteiger partial charge >= 0.3 is 5.97 Å². The normalized spacial score (nSPS) is 10.2. The molecule has 0 aliphatic carbocycles. The van der Waals surface area contributed by atoms with Crippen LogP contribution in [0.2, 0.25) is 5.02 Å². The second-order valence-electron chi connectivity index (χ2n) is 2.95. The lowest BCUT2D eigenvalue weighted by Crippen LogP contribution is -1.98. The molecule has 1 heterocycles. The summed E-state index contributed by atoms with van der Waals surface area (Å²) in [5.41, 5.74) is 0.951. The van der Waals surface area contributed by atoms with Crippen molar-refractivity contribution in [3.05, 3.63) is 46.3 Å². The molecule has 2 aromatic rings. The van der Waals surface area contributed by atoms with E-state index in [1.807, 2.05) is 5.38 Å². The van der Waals surface area contributed by atoms with Gasteiger partial charge in [0.2, 0.25) is 0 Å². The van der Waals surface area contributed by atoms with Crippen molar-refractivity contribution in [2.45, 2.75) is 0 Å². The molecule has 0 amide bonds. The van der Waals surface area contributed by atoms with E-state index in [9.17, 15) is 4.79 Å². The van der Waals surface area contributed by atoms with Crippen LogP contribution in [0.4, 0.5) is 0 Å². The van der Waals surface area contributed by atoms with E-state index in [2.05, 4.69) is 0 Å². The SMILES string of the molecule is O=C(O)c1ccccc1-c1sccc1Cl. The third-order valence-electron chi connectivity index (χ3n) is 2.02. The average molecular weight is 239 g/mol. The maximum atomic E-state index is 11.0. The molecule has 2 rings (SSSR count). The average Bonchev–Trinajstić information content (AvgIpc) is 2.64. The number of halogens is 1. The van der Waals surface area contributed by atoms with Crippen molar-refractivity contribution < 1.29 is 9.90 Å². The third kappa shape index (κ3) is 1.89. The Hall–Kier alpha value is -1.32. The highest BCUT2D eigenvalue weighted by molar-refractivity contribution is 7.14. The molecule has 1 aromatic carbocycles. The number of carboxylic acids is 1. The topological polar surface area (TPSA) is 37.3 Å². The fourth-order valence-electron chi connectivity index (χ4n) is 1.35. The highest BCUT2D eigenvalue weighted by Gasteiger charge is 2.13. The number of rotatable bonds is 2. The Morgan fingerprint density at radius 1 is 1.27 bits per heavy atom. The van der Waals surface area contributed by atoms with Crippen molar-refractivity contribution in [3.8, 4) is 10.4 Å². The van der Waals surface area contributed by atoms with Crippen molar-refractivity contribution >= 4 is 28.9 Å². The Morgan fingerprint density at radius 2 is 2.00 bits per heavy atom. The molecule has 0 aliphatic heterocycles. The minimum Gasteiger partial charge on any atom is -0.478 e. The van der Waals surface area contributed by atoms with Crippen molar-refractivity contribution in [3.63, 3.8) is 0 Å². The monoisotopic (exact) mass is 238 g/mol. The van der Waals surface area contributed by atoms with Crippen LogP contribution in [-0.4, -0.2) is 11.1 Å². The number of carbonyl (C=O) groups is 1. The van der Waals surface area contributed by atoms with Crippen LogP contribution in [0.5, 0.6) is 0 Å². The fraction of sp³-hybridized carbons (Fsp3) is 0. The summed E-state index contributed by atoms with van der Waals surface area (Å²) in [6.45, 7) is 0. The largest absolute Gasteiger partial charge is 0.478 e. The molecule has 1 aromatic heterocycles. The van der Waals surface area contributed by atoms with Crippen LogP contribution in [0.25, 0.3) is 10.4 Å². The zero-order valence-corrected chi connectivity index (χ0v) is 9.18. The molecule has 0 atom stereocenters. The third-order valence-corrected chi connectivity index (χ3v) is 3.39. The zero-order chi connectivity index (χ0) is 10.8. The molecule has 0 radical (unpaired) electrons. The number of hydrogen-bond acceptors (Lipinski definition) is 2. The summed E-state index contributed by atoms with van der Waals surface area (Å²) < 4.78 is 0. The molecule has 0 saturated carbocycles. The van der Waals surface area contributed by atoms with E-state index >= 15 is 0 Å². The smallest absolute Gasteiger partial charge is 0.336 e. The van der Waals surface area contributed by atoms with E-state index in [0.29, 0.717) is 10.6 Å². The van der Waals surface area contributed by atoms with Crippen molar-refractivity contribution in [1.29, 1.82) is 0 Å². The molecule has 1 N–H and O–H groups in total. The van der Waals surface area contributed by atoms with Gasteiger partial charge in [0.1, 0.15) is 0 Å². The van der Waals surface area contributed by atoms with Crippen molar-refractivity contribution in [2.75, 3.05) is 0 Å². The quantitative estimate of drug-likeness (QED) is 0.865. The van der Waals surface area contributed by atoms with Crippen LogP contribution in [-0.2, 0) is 0 Å². The Kier molecular flexibility index (Phi) is 2.75. The number of thiophene rings is 1. The van der Waals surface area contributed by atoms with E-state index in [1.54, 1.807) is 30.3 Å². The molecule has 0 unspecified atom stereocenters. The van der Waals surface area contributed by atoms with E-state index < -0.39 is 5.97 Å². The first-order valence-corrected chi connectivity index (χ1v) is 5.51. The Bertz CT molecular complexity index is 505. The first-order chi connectivity index (χ1) is 7.20. The summed E-state index contributed by atoms with van der Waals surface area (Å²) in [7, 11) is 0. The van der Waals surface area contributed by atoms with E-state index in [1.165, 1.54) is 11.3 Å². The van der Waals surface area contributed by atoms with E-state index in [-0.39, 0.29) is 5.56 Å². The molecule has 15 heavy (non-hydrogen) atoms. The fourth-order valence-corrected chi connectivity index (χ4v) is 2.55. The predicted molar refractivity (Wildman–Crippen MR) is 61.7 cm³/mol. The lowest BCUT2D eigenvalue weighted by Gasteiger charge is -2.03. The first-order valence-electron chi connectivity index (χ1n) is 4.26. The molecule has 76 valence electrons. The number of hydrogen-bond donors (Lipinski definition) is 1. The van der Waals surface area contributed by atoms with Crippen LogP contribution < -0.4 is 0 Å². The number of benzene rings is 1. The maximum absolute atomic E-state index is 11.0. The van der Waals surface area contributed by atoms with Crippen LogP contribution in [0, 0.1) is 0 Å². The van der Waals surface area contributed by atoms with Gasteiger partial charge in [0.15, 0.2) is 0 Å². The van der Waals surface area contributed by atoms with Gasteiger partial charge in [0, 0.05) is 5.56 Å². The van der Waals surface area contributed by atoms with E-state index in [0.717, 1.165) is 4.88 Å². The summed E-state index contributed by atoms with van der Waals surface area (Å²) >= 11 is 7.41. The molecule has 0 bridgehead atoms. The Balaban J connectivity index is 2.63. The zero-order valence-electron chi connectivity index (χ0n) is 7.61. The van der Waals surface area contributed by atoms with Gasteiger partial charge in [-0.15, -0.1) is 11.3 Å². The first kappa shape index (κ1) is 10.2. The van der Waals surface area contributed by atoms with Crippen LogP contribution in [0.1, 0.15) is 10.4 Å². The maximum Gasteiger partial charge on any atom is 0.336 e. The second-order valence-corrected chi connectivity index (χ2v) is 4.27. The minimum atomic E-state index is -0.935. The lowest BCUT2D eigenvalue weighted by atomic mass is 10.1. The van der Waals surface area contributed by atoms with Crippen LogP contribution >= 0.6 is 22.9 Å². The van der Waals surface area contributed by atoms with Gasteiger partial charge in [-0.05, 0) is 17.5 Å². The summed E-state index contributed by atoms with van der Waals surface area (Å²) in [4.78, 5) is 11.8. The summed E-state index contributed by atoms with van der Waals surface area (Å²) in [5.74, 6) is -0.935. The predicted octanol–water partition coefficient (Wildman–Crippen LogP) is 3.77. The van der Waals surface area contributed by atoms with Gasteiger partial charge in [-0.2, -0.15) is 0 Å². The van der Waals surface area contributed by atoms with Gasteiger partial charge in [-0.25, -0.2) is 4.79 Å². The lowest BCUT2D eigenvalue weighted by molar-refractivity contribution is 0.0698. The molecule has 2 nitrogen and oxygen atoms in total. The summed E-state index contributed by atoms with van der Waals surface area (Å²) in [6.07, 6.45) is 0. The van der Waals surface area contributed by atoms with Crippen LogP contribution in [0.3, 0.4) is 0 Å². The van der Waals surface area contributed by atoms with Crippen LogP contribution in [0.15, 0.2) is 35.7 Å². The van der Waals surface area contributed by atoms with Crippen molar-refractivity contribution in [1.82, 2.24) is 0 Å². The summed E-state index contributed by atoms with van der Waals surface area (Å²) in [5, 5.41) is 11.5. The molecular weight excluding hydrogens is 232 g/mol. The standard InChI is InChI=1S/C11H7ClO2S/c12-9-5-6-15-10(9)7-3-1-2-4-8(7)11(13)14/h1-6H,(H,13,14). The van der Waals surface area contributed by atoms with Gasteiger partial charge in [-0.1, -0.05) is 29.8 Å². The molecule has 0 spiro atoms. The number of carboxylic acid groups (broad SMARTS) is 1. The van der Waals surface area contributed by atoms with Gasteiger partial charge < -0.3 is 5.11 Å². The minimum absolute atomic E-state index is 0.279. The molecule has 0 fully saturated rings. The highest BCUT2D eigenvalue weighted by Crippen LogP contribution is 2.35. The van der Waals surface area contributed by atoms with Gasteiger partial charge in [-0.3, -0.25) is 0 Å². The molecular formula is C11H7ClO2S.